The number of fused-ring (bicyclic) bond motifs is 1. The molecule has 12 heteroatoms. The fourth-order valence-corrected chi connectivity index (χ4v) is 5.48. The number of ether oxygens (including phenoxy) is 3. The highest BCUT2D eigenvalue weighted by molar-refractivity contribution is 5.83. The van der Waals surface area contributed by atoms with Gasteiger partial charge in [0.15, 0.2) is 0 Å². The zero-order chi connectivity index (χ0) is 35.8. The van der Waals surface area contributed by atoms with Crippen molar-refractivity contribution >= 4 is 16.9 Å². The highest BCUT2D eigenvalue weighted by Crippen LogP contribution is 2.48. The van der Waals surface area contributed by atoms with Crippen LogP contribution in [0.4, 0.5) is 26.3 Å². The summed E-state index contributed by atoms with van der Waals surface area (Å²) in [6.45, 7) is 13.5. The second kappa shape index (κ2) is 13.1. The zero-order valence-electron chi connectivity index (χ0n) is 28.1. The van der Waals surface area contributed by atoms with Crippen molar-refractivity contribution in [2.24, 2.45) is 21.7 Å². The SMILES string of the molecule is COc1ccc(-c2cc3ccc(OCC(C)(COC(=O)C(C)(CC(C)(C)C)C(C)(C)C)CC(F)(F)F)cc3oc2=O)c(C(F)(F)F)c1. The molecule has 1 aromatic heterocycles. The van der Waals surface area contributed by atoms with E-state index >= 15 is 0 Å². The lowest BCUT2D eigenvalue weighted by molar-refractivity contribution is -0.183. The van der Waals surface area contributed by atoms with E-state index in [9.17, 15) is 35.9 Å². The normalized spacial score (nSPS) is 15.6. The predicted octanol–water partition coefficient (Wildman–Crippen LogP) is 9.86. The maximum atomic E-state index is 13.8. The highest BCUT2D eigenvalue weighted by Gasteiger charge is 2.49. The molecule has 260 valence electrons. The Morgan fingerprint density at radius 1 is 0.766 bits per heavy atom. The van der Waals surface area contributed by atoms with Crippen molar-refractivity contribution in [2.45, 2.75) is 80.6 Å². The molecule has 3 rings (SSSR count). The van der Waals surface area contributed by atoms with Gasteiger partial charge in [-0.3, -0.25) is 4.79 Å². The second-order valence-corrected chi connectivity index (χ2v) is 14.8. The Morgan fingerprint density at radius 3 is 1.91 bits per heavy atom. The summed E-state index contributed by atoms with van der Waals surface area (Å²) in [6.07, 6.45) is -10.3. The van der Waals surface area contributed by atoms with Gasteiger partial charge in [0.1, 0.15) is 23.7 Å². The fourth-order valence-electron chi connectivity index (χ4n) is 5.48. The van der Waals surface area contributed by atoms with Crippen molar-refractivity contribution in [3.8, 4) is 22.6 Å². The van der Waals surface area contributed by atoms with Gasteiger partial charge in [-0.2, -0.15) is 26.3 Å². The van der Waals surface area contributed by atoms with Gasteiger partial charge in [-0.25, -0.2) is 4.79 Å². The number of rotatable bonds is 10. The van der Waals surface area contributed by atoms with Crippen molar-refractivity contribution in [3.05, 3.63) is 58.4 Å². The molecule has 47 heavy (non-hydrogen) atoms. The predicted molar refractivity (Wildman–Crippen MR) is 166 cm³/mol. The van der Waals surface area contributed by atoms with Crippen molar-refractivity contribution in [2.75, 3.05) is 20.3 Å². The maximum Gasteiger partial charge on any atom is 0.417 e. The number of carbonyl (C=O) groups excluding carboxylic acids is 1. The van der Waals surface area contributed by atoms with Gasteiger partial charge in [-0.05, 0) is 60.6 Å². The lowest BCUT2D eigenvalue weighted by Gasteiger charge is -2.44. The average Bonchev–Trinajstić information content (AvgIpc) is 2.91. The molecular formula is C35H42F6O6. The van der Waals surface area contributed by atoms with E-state index in [0.29, 0.717) is 6.42 Å². The number of hydrogen-bond acceptors (Lipinski definition) is 6. The first-order chi connectivity index (χ1) is 21.3. The van der Waals surface area contributed by atoms with E-state index in [0.717, 1.165) is 12.1 Å². The van der Waals surface area contributed by atoms with Crippen LogP contribution >= 0.6 is 0 Å². The van der Waals surface area contributed by atoms with Gasteiger partial charge < -0.3 is 18.6 Å². The molecule has 0 aliphatic carbocycles. The number of carbonyl (C=O) groups is 1. The molecule has 0 radical (unpaired) electrons. The fraction of sp³-hybridized carbons (Fsp3) is 0.543. The summed E-state index contributed by atoms with van der Waals surface area (Å²) in [5.74, 6) is -0.614. The summed E-state index contributed by atoms with van der Waals surface area (Å²) in [7, 11) is 1.22. The monoisotopic (exact) mass is 672 g/mol. The van der Waals surface area contributed by atoms with E-state index in [4.69, 9.17) is 18.6 Å². The van der Waals surface area contributed by atoms with E-state index in [1.807, 2.05) is 41.5 Å². The van der Waals surface area contributed by atoms with Gasteiger partial charge in [0.2, 0.25) is 0 Å². The number of benzene rings is 2. The molecule has 0 N–H and O–H groups in total. The Hall–Kier alpha value is -3.70. The van der Waals surface area contributed by atoms with E-state index < -0.39 is 71.0 Å². The Balaban J connectivity index is 1.89. The van der Waals surface area contributed by atoms with E-state index in [1.54, 1.807) is 6.92 Å². The third kappa shape index (κ3) is 9.44. The molecular weight excluding hydrogens is 630 g/mol. The Kier molecular flexibility index (Phi) is 10.5. The van der Waals surface area contributed by atoms with Gasteiger partial charge in [-0.1, -0.05) is 48.5 Å². The molecule has 6 nitrogen and oxygen atoms in total. The van der Waals surface area contributed by atoms with Crippen LogP contribution in [0.3, 0.4) is 0 Å². The molecule has 0 aliphatic rings. The minimum atomic E-state index is -4.79. The van der Waals surface area contributed by atoms with Crippen LogP contribution in [0.15, 0.2) is 51.7 Å². The van der Waals surface area contributed by atoms with E-state index in [-0.39, 0.29) is 33.4 Å². The topological polar surface area (TPSA) is 75.0 Å². The Labute approximate surface area is 270 Å². The number of halogens is 6. The summed E-state index contributed by atoms with van der Waals surface area (Å²) in [4.78, 5) is 26.3. The Bertz CT molecular complexity index is 1640. The molecule has 0 saturated heterocycles. The van der Waals surface area contributed by atoms with Crippen LogP contribution in [0, 0.1) is 21.7 Å². The van der Waals surface area contributed by atoms with Gasteiger partial charge in [-0.15, -0.1) is 0 Å². The van der Waals surface area contributed by atoms with Crippen LogP contribution in [0.1, 0.15) is 73.8 Å². The standard InChI is InChI=1S/C35H42F6O6/c1-30(2,3)17-33(8,31(4,5)6)29(43)46-20-32(7,18-34(36,37)38)19-45-23-11-10-21-14-25(28(42)47-27(21)16-23)24-13-12-22(44-9)15-26(24)35(39,40)41/h10-16H,17-20H2,1-9H3. The van der Waals surface area contributed by atoms with Gasteiger partial charge in [0.25, 0.3) is 0 Å². The molecule has 0 aliphatic heterocycles. The molecule has 2 aromatic carbocycles. The van der Waals surface area contributed by atoms with Crippen LogP contribution in [0.2, 0.25) is 0 Å². The molecule has 1 heterocycles. The lowest BCUT2D eigenvalue weighted by atomic mass is 9.61. The quantitative estimate of drug-likeness (QED) is 0.121. The van der Waals surface area contributed by atoms with Crippen LogP contribution in [0.25, 0.3) is 22.1 Å². The number of methoxy groups -OCH3 is 1. The molecule has 3 aromatic rings. The third-order valence-corrected chi connectivity index (χ3v) is 8.29. The van der Waals surface area contributed by atoms with Crippen LogP contribution < -0.4 is 15.1 Å². The number of alkyl halides is 6. The second-order valence-electron chi connectivity index (χ2n) is 14.8. The summed E-state index contributed by atoms with van der Waals surface area (Å²) >= 11 is 0. The van der Waals surface area contributed by atoms with Crippen molar-refractivity contribution in [1.29, 1.82) is 0 Å². The largest absolute Gasteiger partial charge is 0.497 e. The molecule has 0 fully saturated rings. The van der Waals surface area contributed by atoms with Crippen LogP contribution in [0.5, 0.6) is 11.5 Å². The van der Waals surface area contributed by atoms with Gasteiger partial charge in [0, 0.05) is 22.4 Å². The first kappa shape index (κ1) is 37.8. The van der Waals surface area contributed by atoms with Crippen LogP contribution in [-0.2, 0) is 15.7 Å². The first-order valence-corrected chi connectivity index (χ1v) is 15.0. The molecule has 2 unspecified atom stereocenters. The van der Waals surface area contributed by atoms with Crippen LogP contribution in [-0.4, -0.2) is 32.5 Å². The zero-order valence-corrected chi connectivity index (χ0v) is 28.1. The Morgan fingerprint density at radius 2 is 1.38 bits per heavy atom. The molecule has 0 amide bonds. The third-order valence-electron chi connectivity index (χ3n) is 8.29. The average molecular weight is 673 g/mol. The van der Waals surface area contributed by atoms with Crippen molar-refractivity contribution in [3.63, 3.8) is 0 Å². The van der Waals surface area contributed by atoms with E-state index in [2.05, 4.69) is 0 Å². The van der Waals surface area contributed by atoms with Crippen molar-refractivity contribution < 1.29 is 49.8 Å². The number of hydrogen-bond donors (Lipinski definition) is 0. The molecule has 2 atom stereocenters. The molecule has 0 bridgehead atoms. The molecule has 0 spiro atoms. The smallest absolute Gasteiger partial charge is 0.417 e. The summed E-state index contributed by atoms with van der Waals surface area (Å²) in [5.41, 5.74) is -6.43. The van der Waals surface area contributed by atoms with Crippen molar-refractivity contribution in [1.82, 2.24) is 0 Å². The lowest BCUT2D eigenvalue weighted by Crippen LogP contribution is -2.46. The van der Waals surface area contributed by atoms with Gasteiger partial charge in [0.05, 0.1) is 36.7 Å². The first-order valence-electron chi connectivity index (χ1n) is 15.0. The minimum absolute atomic E-state index is 0.0424. The van der Waals surface area contributed by atoms with E-state index in [1.165, 1.54) is 44.4 Å². The number of esters is 1. The summed E-state index contributed by atoms with van der Waals surface area (Å²) in [6, 6.07) is 8.48. The minimum Gasteiger partial charge on any atom is -0.497 e. The summed E-state index contributed by atoms with van der Waals surface area (Å²) in [5, 5.41) is 0.253. The maximum absolute atomic E-state index is 13.8. The molecule has 0 saturated carbocycles. The highest BCUT2D eigenvalue weighted by atomic mass is 19.4. The summed E-state index contributed by atoms with van der Waals surface area (Å²) < 4.78 is 104. The van der Waals surface area contributed by atoms with Gasteiger partial charge >= 0.3 is 23.9 Å².